The number of piperidine rings is 1. The summed E-state index contributed by atoms with van der Waals surface area (Å²) in [6, 6.07) is 0. The van der Waals surface area contributed by atoms with Crippen LogP contribution in [0.4, 0.5) is 0 Å². The van der Waals surface area contributed by atoms with E-state index < -0.39 is 0 Å². The molecule has 30 heavy (non-hydrogen) atoms. The van der Waals surface area contributed by atoms with Crippen molar-refractivity contribution >= 4 is 17.8 Å². The Hall–Kier alpha value is -1.67. The average molecular weight is 423 g/mol. The highest BCUT2D eigenvalue weighted by molar-refractivity contribution is 5.80. The van der Waals surface area contributed by atoms with E-state index in [4.69, 9.17) is 4.74 Å². The number of hydrogen-bond donors (Lipinski definition) is 0. The zero-order chi connectivity index (χ0) is 21.3. The van der Waals surface area contributed by atoms with E-state index in [9.17, 15) is 14.4 Å². The summed E-state index contributed by atoms with van der Waals surface area (Å²) >= 11 is 0. The minimum Gasteiger partial charge on any atom is -0.466 e. The third-order valence-electron chi connectivity index (χ3n) is 6.54. The van der Waals surface area contributed by atoms with Gasteiger partial charge in [-0.3, -0.25) is 24.2 Å². The second-order valence-electron chi connectivity index (χ2n) is 8.78. The number of rotatable bonds is 6. The van der Waals surface area contributed by atoms with E-state index in [1.807, 2.05) is 16.7 Å². The molecule has 0 bridgehead atoms. The molecule has 3 aliphatic heterocycles. The van der Waals surface area contributed by atoms with Gasteiger partial charge in [0.05, 0.1) is 25.6 Å². The molecule has 0 radical (unpaired) electrons. The maximum atomic E-state index is 12.7. The van der Waals surface area contributed by atoms with Gasteiger partial charge in [-0.2, -0.15) is 0 Å². The normalized spacial score (nSPS) is 24.4. The highest BCUT2D eigenvalue weighted by atomic mass is 16.5. The highest BCUT2D eigenvalue weighted by Crippen LogP contribution is 2.18. The Bertz CT molecular complexity index is 584. The number of carbonyl (C=O) groups is 3. The predicted octanol–water partition coefficient (Wildman–Crippen LogP) is 0.808. The minimum atomic E-state index is -0.190. The molecule has 2 amide bonds. The van der Waals surface area contributed by atoms with E-state index in [1.54, 1.807) is 0 Å². The van der Waals surface area contributed by atoms with Gasteiger partial charge in [-0.25, -0.2) is 0 Å². The van der Waals surface area contributed by atoms with Crippen LogP contribution in [0.15, 0.2) is 0 Å². The van der Waals surface area contributed by atoms with E-state index in [0.29, 0.717) is 26.2 Å². The number of ether oxygens (including phenoxy) is 1. The van der Waals surface area contributed by atoms with Crippen molar-refractivity contribution in [1.82, 2.24) is 19.6 Å². The first kappa shape index (κ1) is 23.0. The number of likely N-dealkylation sites (tertiary alicyclic amines) is 2. The summed E-state index contributed by atoms with van der Waals surface area (Å²) in [5, 5.41) is 0. The van der Waals surface area contributed by atoms with Crippen molar-refractivity contribution in [3.8, 4) is 0 Å². The van der Waals surface area contributed by atoms with Gasteiger partial charge >= 0.3 is 5.97 Å². The van der Waals surface area contributed by atoms with Crippen molar-refractivity contribution in [2.75, 3.05) is 72.1 Å². The Balaban J connectivity index is 1.38. The van der Waals surface area contributed by atoms with E-state index in [-0.39, 0.29) is 23.7 Å². The lowest BCUT2D eigenvalue weighted by molar-refractivity contribution is -0.151. The molecule has 0 saturated carbocycles. The van der Waals surface area contributed by atoms with Crippen LogP contribution in [-0.4, -0.2) is 109 Å². The minimum absolute atomic E-state index is 0.0955. The summed E-state index contributed by atoms with van der Waals surface area (Å²) < 4.78 is 5.13. The smallest absolute Gasteiger partial charge is 0.310 e. The van der Waals surface area contributed by atoms with Crippen molar-refractivity contribution in [2.24, 2.45) is 5.92 Å². The fraction of sp³-hybridized carbons (Fsp3) is 0.864. The molecule has 3 saturated heterocycles. The molecule has 0 aliphatic carbocycles. The fourth-order valence-electron chi connectivity index (χ4n) is 4.66. The lowest BCUT2D eigenvalue weighted by Gasteiger charge is -2.37. The van der Waals surface area contributed by atoms with E-state index in [2.05, 4.69) is 9.80 Å². The van der Waals surface area contributed by atoms with Crippen LogP contribution in [0.2, 0.25) is 0 Å². The SMILES string of the molecule is CCOC(=O)C1CCCN(C(=O)CN2CCN(CC(=O)N3CCCCCC3)CC2)C1. The largest absolute Gasteiger partial charge is 0.466 e. The van der Waals surface area contributed by atoms with Gasteiger partial charge in [-0.15, -0.1) is 0 Å². The first-order valence-corrected chi connectivity index (χ1v) is 11.7. The van der Waals surface area contributed by atoms with Crippen molar-refractivity contribution in [3.63, 3.8) is 0 Å². The predicted molar refractivity (Wildman–Crippen MR) is 114 cm³/mol. The molecule has 0 aromatic rings. The zero-order valence-corrected chi connectivity index (χ0v) is 18.5. The molecule has 8 nitrogen and oxygen atoms in total. The van der Waals surface area contributed by atoms with Gasteiger partial charge in [0, 0.05) is 52.4 Å². The van der Waals surface area contributed by atoms with Crippen LogP contribution in [-0.2, 0) is 19.1 Å². The molecule has 3 heterocycles. The molecule has 8 heteroatoms. The van der Waals surface area contributed by atoms with Gasteiger partial charge in [0.1, 0.15) is 0 Å². The average Bonchev–Trinajstić information content (AvgIpc) is 3.05. The third-order valence-corrected chi connectivity index (χ3v) is 6.54. The Morgan fingerprint density at radius 3 is 1.83 bits per heavy atom. The molecule has 1 unspecified atom stereocenters. The molecule has 0 N–H and O–H groups in total. The summed E-state index contributed by atoms with van der Waals surface area (Å²) in [4.78, 5) is 45.6. The molecule has 3 fully saturated rings. The molecular formula is C22H38N4O4. The second-order valence-corrected chi connectivity index (χ2v) is 8.78. The topological polar surface area (TPSA) is 73.4 Å². The number of piperazine rings is 1. The number of esters is 1. The molecular weight excluding hydrogens is 384 g/mol. The monoisotopic (exact) mass is 422 g/mol. The lowest BCUT2D eigenvalue weighted by atomic mass is 9.98. The van der Waals surface area contributed by atoms with Crippen LogP contribution in [0, 0.1) is 5.92 Å². The summed E-state index contributed by atoms with van der Waals surface area (Å²) in [5.74, 6) is -0.0278. The Morgan fingerprint density at radius 2 is 1.27 bits per heavy atom. The van der Waals surface area contributed by atoms with Gasteiger partial charge in [-0.05, 0) is 32.6 Å². The fourth-order valence-corrected chi connectivity index (χ4v) is 4.66. The Kier molecular flexibility index (Phi) is 8.93. The molecule has 3 rings (SSSR count). The molecule has 0 aromatic heterocycles. The number of amides is 2. The van der Waals surface area contributed by atoms with Crippen molar-refractivity contribution in [2.45, 2.75) is 45.4 Å². The van der Waals surface area contributed by atoms with Crippen LogP contribution >= 0.6 is 0 Å². The number of hydrogen-bond acceptors (Lipinski definition) is 6. The lowest BCUT2D eigenvalue weighted by Crippen LogP contribution is -2.53. The highest BCUT2D eigenvalue weighted by Gasteiger charge is 2.30. The summed E-state index contributed by atoms with van der Waals surface area (Å²) in [7, 11) is 0. The van der Waals surface area contributed by atoms with Gasteiger partial charge in [0.25, 0.3) is 0 Å². The summed E-state index contributed by atoms with van der Waals surface area (Å²) in [6.07, 6.45) is 6.35. The summed E-state index contributed by atoms with van der Waals surface area (Å²) in [5.41, 5.74) is 0. The molecule has 3 aliphatic rings. The third kappa shape index (κ3) is 6.67. The quantitative estimate of drug-likeness (QED) is 0.590. The maximum Gasteiger partial charge on any atom is 0.310 e. The van der Waals surface area contributed by atoms with Gasteiger partial charge < -0.3 is 14.5 Å². The van der Waals surface area contributed by atoms with Crippen molar-refractivity contribution in [3.05, 3.63) is 0 Å². The molecule has 0 aromatic carbocycles. The first-order chi connectivity index (χ1) is 14.6. The van der Waals surface area contributed by atoms with Crippen LogP contribution in [0.1, 0.15) is 45.4 Å². The molecule has 0 spiro atoms. The Morgan fingerprint density at radius 1 is 0.733 bits per heavy atom. The standard InChI is InChI=1S/C22H38N4O4/c1-2-30-22(29)19-8-7-11-26(16-19)21(28)18-24-14-12-23(13-15-24)17-20(27)25-9-5-3-4-6-10-25/h19H,2-18H2,1H3. The molecule has 170 valence electrons. The summed E-state index contributed by atoms with van der Waals surface area (Å²) in [6.45, 7) is 9.31. The van der Waals surface area contributed by atoms with Crippen LogP contribution in [0.5, 0.6) is 0 Å². The van der Waals surface area contributed by atoms with Crippen molar-refractivity contribution < 1.29 is 19.1 Å². The van der Waals surface area contributed by atoms with Crippen LogP contribution in [0.25, 0.3) is 0 Å². The first-order valence-electron chi connectivity index (χ1n) is 11.7. The number of nitrogens with zero attached hydrogens (tertiary/aromatic N) is 4. The van der Waals surface area contributed by atoms with Crippen LogP contribution in [0.3, 0.4) is 0 Å². The number of carbonyl (C=O) groups excluding carboxylic acids is 3. The zero-order valence-electron chi connectivity index (χ0n) is 18.5. The maximum absolute atomic E-state index is 12.7. The van der Waals surface area contributed by atoms with E-state index >= 15 is 0 Å². The Labute approximate surface area is 180 Å². The van der Waals surface area contributed by atoms with E-state index in [1.165, 1.54) is 12.8 Å². The van der Waals surface area contributed by atoms with Crippen LogP contribution < -0.4 is 0 Å². The van der Waals surface area contributed by atoms with Gasteiger partial charge in [-0.1, -0.05) is 12.8 Å². The molecule has 1 atom stereocenters. The van der Waals surface area contributed by atoms with Crippen molar-refractivity contribution in [1.29, 1.82) is 0 Å². The van der Waals surface area contributed by atoms with E-state index in [0.717, 1.165) is 71.5 Å². The van der Waals surface area contributed by atoms with Gasteiger partial charge in [0.2, 0.25) is 11.8 Å². The van der Waals surface area contributed by atoms with Gasteiger partial charge in [0.15, 0.2) is 0 Å². The second kappa shape index (κ2) is 11.6.